The number of hydrogen-bond acceptors (Lipinski definition) is 12. The summed E-state index contributed by atoms with van der Waals surface area (Å²) in [6.45, 7) is 9.11. The number of aryl methyl sites for hydroxylation is 1. The summed E-state index contributed by atoms with van der Waals surface area (Å²) >= 11 is 0. The zero-order valence-electron chi connectivity index (χ0n) is 32.5. The molecule has 0 radical (unpaired) electrons. The molecule has 0 spiro atoms. The summed E-state index contributed by atoms with van der Waals surface area (Å²) in [6, 6.07) is 7.90. The first kappa shape index (κ1) is 41.6. The molecule has 2 heterocycles. The predicted molar refractivity (Wildman–Crippen MR) is 214 cm³/mol. The van der Waals surface area contributed by atoms with Crippen molar-refractivity contribution in [2.45, 2.75) is 101 Å². The zero-order valence-corrected chi connectivity index (χ0v) is 34.1. The molecular weight excluding hydrogens is 789 g/mol. The van der Waals surface area contributed by atoms with Crippen molar-refractivity contribution in [1.82, 2.24) is 29.8 Å². The van der Waals surface area contributed by atoms with E-state index in [1.54, 1.807) is 0 Å². The number of carbonyl (C=O) groups is 4. The normalized spacial score (nSPS) is 14.7. The Morgan fingerprint density at radius 2 is 1.26 bits per heavy atom. The van der Waals surface area contributed by atoms with Gasteiger partial charge in [-0.3, -0.25) is 9.59 Å². The van der Waals surface area contributed by atoms with E-state index in [0.717, 1.165) is 70.7 Å². The summed E-state index contributed by atoms with van der Waals surface area (Å²) in [4.78, 5) is 50.2. The number of nitrogens with one attached hydrogen (secondary N) is 6. The van der Waals surface area contributed by atoms with E-state index in [-0.39, 0.29) is 45.6 Å². The van der Waals surface area contributed by atoms with E-state index >= 15 is 0 Å². The van der Waals surface area contributed by atoms with Crippen LogP contribution in [0.2, 0.25) is 0 Å². The van der Waals surface area contributed by atoms with Crippen LogP contribution in [0.5, 0.6) is 0 Å². The molecule has 0 fully saturated rings. The fourth-order valence-corrected chi connectivity index (χ4v) is 9.06. The second kappa shape index (κ2) is 16.8. The predicted octanol–water partition coefficient (Wildman–Crippen LogP) is 5.04. The molecule has 0 bridgehead atoms. The maximum Gasteiger partial charge on any atom is 0.333 e. The Morgan fingerprint density at radius 3 is 1.81 bits per heavy atom. The van der Waals surface area contributed by atoms with E-state index < -0.39 is 43.9 Å². The summed E-state index contributed by atoms with van der Waals surface area (Å²) < 4.78 is 56.7. The largest absolute Gasteiger partial charge is 0.333 e. The minimum Gasteiger partial charge on any atom is -0.309 e. The molecule has 0 saturated heterocycles. The highest BCUT2D eigenvalue weighted by Crippen LogP contribution is 2.44. The Labute approximate surface area is 335 Å². The van der Waals surface area contributed by atoms with Gasteiger partial charge in [-0.25, -0.2) is 35.9 Å². The fraction of sp³-hybridized carbons (Fsp3) is 0.368. The molecule has 58 heavy (non-hydrogen) atoms. The molecule has 6 amide bonds. The number of benzene rings is 2. The van der Waals surface area contributed by atoms with Gasteiger partial charge in [0.15, 0.2) is 11.6 Å². The van der Waals surface area contributed by atoms with Crippen LogP contribution in [0, 0.1) is 0 Å². The average molecular weight is 833 g/mol. The van der Waals surface area contributed by atoms with Crippen molar-refractivity contribution >= 4 is 66.9 Å². The summed E-state index contributed by atoms with van der Waals surface area (Å²) in [6.07, 6.45) is 5.18. The van der Waals surface area contributed by atoms with Crippen LogP contribution in [0.3, 0.4) is 0 Å². The van der Waals surface area contributed by atoms with Crippen LogP contribution in [0.1, 0.15) is 105 Å². The number of anilines is 4. The number of amides is 6. The quantitative estimate of drug-likeness (QED) is 0.110. The lowest BCUT2D eigenvalue weighted by atomic mass is 9.93. The summed E-state index contributed by atoms with van der Waals surface area (Å²) in [5, 5.41) is 25.3. The van der Waals surface area contributed by atoms with Crippen LogP contribution in [0.25, 0.3) is 0 Å². The van der Waals surface area contributed by atoms with Crippen LogP contribution in [-0.2, 0) is 48.9 Å². The van der Waals surface area contributed by atoms with E-state index in [1.165, 1.54) is 6.92 Å². The third kappa shape index (κ3) is 9.39. The maximum atomic E-state index is 13.4. The first-order chi connectivity index (χ1) is 27.4. The molecule has 1 unspecified atom stereocenters. The highest BCUT2D eigenvalue weighted by molar-refractivity contribution is 7.90. The van der Waals surface area contributed by atoms with E-state index in [1.807, 2.05) is 61.4 Å². The Hall–Kier alpha value is -6.02. The smallest absolute Gasteiger partial charge is 0.309 e. The molecule has 0 saturated carbocycles. The SMILES string of the molecule is CC(=O)Nc1cc(S(=O)(=O)NC(=O)Nc2c3c(cc4c2CCC4CC(=O)Nc2cc(S(=O)(=O)NC(=O)Nc4c(C(C)C)cccc4C(C)C)cnn2)CCC3)cnn1. The summed E-state index contributed by atoms with van der Waals surface area (Å²) in [5.41, 5.74) is 6.25. The first-order valence-electron chi connectivity index (χ1n) is 18.6. The topological polar surface area (TPSA) is 260 Å². The zero-order chi connectivity index (χ0) is 41.9. The van der Waals surface area contributed by atoms with Crippen molar-refractivity contribution < 1.29 is 36.0 Å². The maximum absolute atomic E-state index is 13.4. The number of urea groups is 2. The van der Waals surface area contributed by atoms with Gasteiger partial charge in [-0.1, -0.05) is 52.0 Å². The minimum atomic E-state index is -4.43. The van der Waals surface area contributed by atoms with Gasteiger partial charge in [-0.15, -0.1) is 10.2 Å². The molecule has 20 heteroatoms. The van der Waals surface area contributed by atoms with Crippen LogP contribution in [0.4, 0.5) is 32.6 Å². The van der Waals surface area contributed by atoms with Crippen molar-refractivity contribution in [1.29, 1.82) is 0 Å². The second-order valence-corrected chi connectivity index (χ2v) is 18.1. The number of para-hydroxylation sites is 1. The molecule has 6 rings (SSSR count). The van der Waals surface area contributed by atoms with Gasteiger partial charge in [0.2, 0.25) is 11.8 Å². The third-order valence-electron chi connectivity index (χ3n) is 9.91. The van der Waals surface area contributed by atoms with Crippen LogP contribution >= 0.6 is 0 Å². The van der Waals surface area contributed by atoms with Crippen molar-refractivity contribution in [2.75, 3.05) is 21.3 Å². The molecule has 1 atom stereocenters. The van der Waals surface area contributed by atoms with Crippen molar-refractivity contribution in [2.24, 2.45) is 0 Å². The van der Waals surface area contributed by atoms with Crippen LogP contribution in [0.15, 0.2) is 58.6 Å². The van der Waals surface area contributed by atoms with Gasteiger partial charge in [-0.05, 0) is 83.2 Å². The lowest BCUT2D eigenvalue weighted by molar-refractivity contribution is -0.116. The standard InChI is InChI=1S/C38H44N10O8S2/c1-20(2)27-9-7-10-28(21(3)4)35(27)43-37(51)47-58(55,56)26-17-33(46-40-19-26)42-34(50)15-24-12-13-30-31(24)14-23-8-6-11-29(23)36(30)44-38(52)48-57(53,54)25-16-32(41-22(5)49)45-39-18-25/h7,9-10,14,16-21,24H,6,8,11-13,15H2,1-5H3,(H,41,45,49)(H,42,46,50)(H2,43,47,51)(H2,44,48,52). The number of aromatic nitrogens is 4. The molecule has 2 aromatic carbocycles. The third-order valence-corrected chi connectivity index (χ3v) is 12.5. The van der Waals surface area contributed by atoms with Gasteiger partial charge in [0.25, 0.3) is 20.0 Å². The number of fused-ring (bicyclic) bond motifs is 2. The van der Waals surface area contributed by atoms with Gasteiger partial charge in [-0.2, -0.15) is 10.2 Å². The van der Waals surface area contributed by atoms with Crippen LogP contribution < -0.4 is 30.7 Å². The average Bonchev–Trinajstić information content (AvgIpc) is 3.78. The Kier molecular flexibility index (Phi) is 12.1. The number of rotatable bonds is 12. The Balaban J connectivity index is 1.13. The van der Waals surface area contributed by atoms with Crippen molar-refractivity contribution in [3.63, 3.8) is 0 Å². The molecule has 6 N–H and O–H groups in total. The van der Waals surface area contributed by atoms with Crippen molar-refractivity contribution in [3.8, 4) is 0 Å². The monoisotopic (exact) mass is 832 g/mol. The number of nitrogens with zero attached hydrogens (tertiary/aromatic N) is 4. The highest BCUT2D eigenvalue weighted by Gasteiger charge is 2.32. The summed E-state index contributed by atoms with van der Waals surface area (Å²) in [5.74, 6) is -1.36. The summed E-state index contributed by atoms with van der Waals surface area (Å²) in [7, 11) is -8.84. The number of carbonyl (C=O) groups excluding carboxylic acids is 4. The van der Waals surface area contributed by atoms with E-state index in [2.05, 4.69) is 41.7 Å². The van der Waals surface area contributed by atoms with Gasteiger partial charge in [0.05, 0.1) is 12.4 Å². The van der Waals surface area contributed by atoms with Gasteiger partial charge in [0, 0.05) is 36.9 Å². The van der Waals surface area contributed by atoms with Gasteiger partial charge >= 0.3 is 12.1 Å². The van der Waals surface area contributed by atoms with E-state index in [9.17, 15) is 36.0 Å². The number of sulfonamides is 2. The molecule has 0 aliphatic heterocycles. The Morgan fingerprint density at radius 1 is 0.707 bits per heavy atom. The lowest BCUT2D eigenvalue weighted by Gasteiger charge is -2.20. The molecule has 4 aromatic rings. The molecular formula is C38H44N10O8S2. The van der Waals surface area contributed by atoms with Crippen LogP contribution in [-0.4, -0.2) is 61.1 Å². The molecule has 2 aliphatic carbocycles. The first-order valence-corrected chi connectivity index (χ1v) is 21.6. The van der Waals surface area contributed by atoms with E-state index in [4.69, 9.17) is 0 Å². The molecule has 2 aliphatic rings. The highest BCUT2D eigenvalue weighted by atomic mass is 32.2. The Bertz CT molecular complexity index is 2500. The van der Waals surface area contributed by atoms with E-state index in [0.29, 0.717) is 30.6 Å². The van der Waals surface area contributed by atoms with Gasteiger partial charge in [0.1, 0.15) is 9.79 Å². The second-order valence-electron chi connectivity index (χ2n) is 14.8. The van der Waals surface area contributed by atoms with Gasteiger partial charge < -0.3 is 21.3 Å². The molecule has 306 valence electrons. The van der Waals surface area contributed by atoms with Crippen molar-refractivity contribution in [3.05, 3.63) is 82.2 Å². The minimum absolute atomic E-state index is 0.00969. The lowest BCUT2D eigenvalue weighted by Crippen LogP contribution is -2.35. The number of hydrogen-bond donors (Lipinski definition) is 6. The molecule has 18 nitrogen and oxygen atoms in total. The fourth-order valence-electron chi connectivity index (χ4n) is 7.33. The molecule has 2 aromatic heterocycles.